The number of ether oxygens (including phenoxy) is 1. The zero-order chi connectivity index (χ0) is 23.6. The molecule has 172 valence electrons. The van der Waals surface area contributed by atoms with E-state index in [1.807, 2.05) is 0 Å². The highest BCUT2D eigenvalue weighted by Crippen LogP contribution is 2.23. The van der Waals surface area contributed by atoms with Crippen LogP contribution in [0.25, 0.3) is 10.9 Å². The lowest BCUT2D eigenvalue weighted by Gasteiger charge is -2.26. The molecule has 12 heteroatoms. The number of nitro benzene ring substituents is 1. The summed E-state index contributed by atoms with van der Waals surface area (Å²) in [5, 5.41) is 13.7. The Hall–Kier alpha value is -3.61. The molecule has 11 nitrogen and oxygen atoms in total. The molecular weight excluding hydrogens is 452 g/mol. The first-order valence-electron chi connectivity index (χ1n) is 10.0. The molecule has 3 aromatic rings. The van der Waals surface area contributed by atoms with Crippen molar-refractivity contribution in [1.82, 2.24) is 14.6 Å². The highest BCUT2D eigenvalue weighted by atomic mass is 32.2. The van der Waals surface area contributed by atoms with Crippen LogP contribution in [0.3, 0.4) is 0 Å². The molecule has 1 aliphatic heterocycles. The van der Waals surface area contributed by atoms with Crippen molar-refractivity contribution >= 4 is 32.5 Å². The number of aromatic amines is 1. The minimum atomic E-state index is -3.80. The third-order valence-electron chi connectivity index (χ3n) is 5.27. The first kappa shape index (κ1) is 22.6. The summed E-state index contributed by atoms with van der Waals surface area (Å²) >= 11 is 0. The fraction of sp³-hybridized carbons (Fsp3) is 0.238. The SMILES string of the molecule is O=C(NCc1ccc([N+](=O)[O-])cc1)c1cc(=O)[nH]c2ccc(S(=O)(=O)N3CCOCC3)cc12. The van der Waals surface area contributed by atoms with Gasteiger partial charge in [-0.25, -0.2) is 8.42 Å². The Morgan fingerprint density at radius 3 is 2.48 bits per heavy atom. The van der Waals surface area contributed by atoms with Gasteiger partial charge in [0.05, 0.1) is 28.6 Å². The highest BCUT2D eigenvalue weighted by molar-refractivity contribution is 7.89. The molecule has 2 heterocycles. The van der Waals surface area contributed by atoms with Crippen LogP contribution in [0.2, 0.25) is 0 Å². The van der Waals surface area contributed by atoms with Gasteiger partial charge in [0.25, 0.3) is 11.6 Å². The van der Waals surface area contributed by atoms with Crippen molar-refractivity contribution < 1.29 is 22.9 Å². The summed E-state index contributed by atoms with van der Waals surface area (Å²) in [5.41, 5.74) is 0.392. The van der Waals surface area contributed by atoms with Gasteiger partial charge in [0.2, 0.25) is 15.6 Å². The molecule has 0 saturated carbocycles. The molecule has 1 amide bonds. The van der Waals surface area contributed by atoms with Gasteiger partial charge in [-0.15, -0.1) is 0 Å². The summed E-state index contributed by atoms with van der Waals surface area (Å²) in [6, 6.07) is 11.0. The zero-order valence-corrected chi connectivity index (χ0v) is 18.1. The number of amides is 1. The smallest absolute Gasteiger partial charge is 0.269 e. The number of non-ortho nitro benzene ring substituents is 1. The Kier molecular flexibility index (Phi) is 6.22. The van der Waals surface area contributed by atoms with Crippen molar-refractivity contribution in [3.8, 4) is 0 Å². The van der Waals surface area contributed by atoms with Gasteiger partial charge in [-0.2, -0.15) is 4.31 Å². The second-order valence-corrected chi connectivity index (χ2v) is 9.32. The number of nitrogens with one attached hydrogen (secondary N) is 2. The Morgan fingerprint density at radius 2 is 1.82 bits per heavy atom. The van der Waals surface area contributed by atoms with Crippen molar-refractivity contribution in [2.24, 2.45) is 0 Å². The molecule has 1 aromatic heterocycles. The van der Waals surface area contributed by atoms with E-state index in [1.54, 1.807) is 0 Å². The number of aromatic nitrogens is 1. The maximum Gasteiger partial charge on any atom is 0.269 e. The molecule has 2 aromatic carbocycles. The van der Waals surface area contributed by atoms with Crippen molar-refractivity contribution in [2.75, 3.05) is 26.3 Å². The average molecular weight is 472 g/mol. The number of hydrogen-bond acceptors (Lipinski definition) is 7. The number of nitro groups is 1. The average Bonchev–Trinajstić information content (AvgIpc) is 2.82. The number of rotatable bonds is 6. The van der Waals surface area contributed by atoms with Crippen molar-refractivity contribution in [3.05, 3.63) is 80.1 Å². The number of morpholine rings is 1. The normalized spacial score (nSPS) is 14.8. The second kappa shape index (κ2) is 9.10. The molecule has 0 bridgehead atoms. The number of H-pyrrole nitrogens is 1. The van der Waals surface area contributed by atoms with Crippen molar-refractivity contribution in [2.45, 2.75) is 11.4 Å². The largest absolute Gasteiger partial charge is 0.379 e. The predicted molar refractivity (Wildman–Crippen MR) is 118 cm³/mol. The number of hydrogen-bond donors (Lipinski definition) is 2. The summed E-state index contributed by atoms with van der Waals surface area (Å²) in [4.78, 5) is 37.8. The number of benzene rings is 2. The van der Waals surface area contributed by atoms with E-state index in [1.165, 1.54) is 46.8 Å². The predicted octanol–water partition coefficient (Wildman–Crippen LogP) is 1.39. The molecule has 0 atom stereocenters. The Bertz CT molecular complexity index is 1380. The summed E-state index contributed by atoms with van der Waals surface area (Å²) in [7, 11) is -3.80. The monoisotopic (exact) mass is 472 g/mol. The number of fused-ring (bicyclic) bond motifs is 1. The Balaban J connectivity index is 1.63. The van der Waals surface area contributed by atoms with E-state index in [4.69, 9.17) is 4.74 Å². The minimum Gasteiger partial charge on any atom is -0.379 e. The first-order valence-corrected chi connectivity index (χ1v) is 11.5. The standard InChI is InChI=1S/C21H20N4O7S/c26-20-12-18(21(27)22-13-14-1-3-15(4-2-14)25(28)29)17-11-16(5-6-19(17)23-20)33(30,31)24-7-9-32-10-8-24/h1-6,11-12H,7-10,13H2,(H,22,27)(H,23,26). The fourth-order valence-electron chi connectivity index (χ4n) is 3.53. The quantitative estimate of drug-likeness (QED) is 0.406. The first-order chi connectivity index (χ1) is 15.8. The van der Waals surface area contributed by atoms with E-state index < -0.39 is 26.4 Å². The van der Waals surface area contributed by atoms with Crippen molar-refractivity contribution in [1.29, 1.82) is 0 Å². The molecule has 1 aliphatic rings. The van der Waals surface area contributed by atoms with Crippen LogP contribution in [0.4, 0.5) is 5.69 Å². The lowest BCUT2D eigenvalue weighted by molar-refractivity contribution is -0.384. The number of carbonyl (C=O) groups is 1. The van der Waals surface area contributed by atoms with Crippen LogP contribution >= 0.6 is 0 Å². The maximum atomic E-state index is 13.0. The van der Waals surface area contributed by atoms with Gasteiger partial charge in [0.1, 0.15) is 0 Å². The number of sulfonamides is 1. The molecule has 2 N–H and O–H groups in total. The van der Waals surface area contributed by atoms with Crippen LogP contribution in [0.15, 0.2) is 58.2 Å². The van der Waals surface area contributed by atoms with Gasteiger partial charge in [-0.05, 0) is 23.8 Å². The zero-order valence-electron chi connectivity index (χ0n) is 17.3. The Labute approximate surface area is 188 Å². The van der Waals surface area contributed by atoms with Crippen molar-refractivity contribution in [3.63, 3.8) is 0 Å². The number of nitrogens with zero attached hydrogens (tertiary/aromatic N) is 2. The van der Waals surface area contributed by atoms with E-state index in [0.717, 1.165) is 6.07 Å². The molecule has 33 heavy (non-hydrogen) atoms. The maximum absolute atomic E-state index is 13.0. The topological polar surface area (TPSA) is 152 Å². The molecule has 0 unspecified atom stereocenters. The highest BCUT2D eigenvalue weighted by Gasteiger charge is 2.27. The van der Waals surface area contributed by atoms with Gasteiger partial charge in [-0.1, -0.05) is 12.1 Å². The fourth-order valence-corrected chi connectivity index (χ4v) is 4.97. The molecule has 0 aliphatic carbocycles. The lowest BCUT2D eigenvalue weighted by Crippen LogP contribution is -2.40. The van der Waals surface area contributed by atoms with E-state index in [0.29, 0.717) is 24.3 Å². The molecule has 1 fully saturated rings. The summed E-state index contributed by atoms with van der Waals surface area (Å²) < 4.78 is 32.6. The van der Waals surface area contributed by atoms with Crippen LogP contribution in [0.5, 0.6) is 0 Å². The number of pyridine rings is 1. The third-order valence-corrected chi connectivity index (χ3v) is 7.16. The van der Waals surface area contributed by atoms with Crippen LogP contribution in [0.1, 0.15) is 15.9 Å². The van der Waals surface area contributed by atoms with Gasteiger partial charge in [0.15, 0.2) is 0 Å². The van der Waals surface area contributed by atoms with Crippen LogP contribution < -0.4 is 10.9 Å². The van der Waals surface area contributed by atoms with Crippen LogP contribution in [0, 0.1) is 10.1 Å². The number of carbonyl (C=O) groups excluding carboxylic acids is 1. The van der Waals surface area contributed by atoms with E-state index in [9.17, 15) is 28.1 Å². The lowest BCUT2D eigenvalue weighted by atomic mass is 10.1. The van der Waals surface area contributed by atoms with E-state index in [-0.39, 0.29) is 41.2 Å². The van der Waals surface area contributed by atoms with Crippen LogP contribution in [-0.4, -0.2) is 54.8 Å². The summed E-state index contributed by atoms with van der Waals surface area (Å²) in [6.07, 6.45) is 0. The Morgan fingerprint density at radius 1 is 1.12 bits per heavy atom. The minimum absolute atomic E-state index is 0.00775. The molecule has 1 saturated heterocycles. The summed E-state index contributed by atoms with van der Waals surface area (Å²) in [5.74, 6) is -0.578. The second-order valence-electron chi connectivity index (χ2n) is 7.38. The van der Waals surface area contributed by atoms with Gasteiger partial charge < -0.3 is 15.0 Å². The van der Waals surface area contributed by atoms with Gasteiger partial charge in [-0.3, -0.25) is 19.7 Å². The van der Waals surface area contributed by atoms with Gasteiger partial charge >= 0.3 is 0 Å². The third kappa shape index (κ3) is 4.77. The van der Waals surface area contributed by atoms with Crippen LogP contribution in [-0.2, 0) is 21.3 Å². The van der Waals surface area contributed by atoms with Gasteiger partial charge in [0, 0.05) is 48.7 Å². The molecule has 0 radical (unpaired) electrons. The van der Waals surface area contributed by atoms with E-state index in [2.05, 4.69) is 10.3 Å². The molecular formula is C21H20N4O7S. The molecule has 0 spiro atoms. The summed E-state index contributed by atoms with van der Waals surface area (Å²) in [6.45, 7) is 1.13. The van der Waals surface area contributed by atoms with E-state index >= 15 is 0 Å². The molecule has 4 rings (SSSR count).